The summed E-state index contributed by atoms with van der Waals surface area (Å²) in [6.07, 6.45) is 1.02. The molecule has 0 saturated carbocycles. The second kappa shape index (κ2) is 8.37. The van der Waals surface area contributed by atoms with Crippen LogP contribution in [0.2, 0.25) is 0 Å². The Kier molecular flexibility index (Phi) is 5.81. The number of nitrogens with zero attached hydrogens (tertiary/aromatic N) is 3. The third kappa shape index (κ3) is 4.21. The first-order chi connectivity index (χ1) is 14.3. The fraction of sp³-hybridized carbons (Fsp3) is 0.318. The molecule has 0 N–H and O–H groups in total. The van der Waals surface area contributed by atoms with Crippen LogP contribution in [0.4, 0.5) is 5.69 Å². The van der Waals surface area contributed by atoms with Gasteiger partial charge in [-0.05, 0) is 55.3 Å². The minimum atomic E-state index is -3.42. The zero-order valence-electron chi connectivity index (χ0n) is 17.3. The highest BCUT2D eigenvalue weighted by Crippen LogP contribution is 2.32. The van der Waals surface area contributed by atoms with Crippen molar-refractivity contribution < 1.29 is 13.2 Å². The molecule has 0 fully saturated rings. The molecule has 1 aliphatic heterocycles. The number of hydrogen-bond acceptors (Lipinski definition) is 6. The monoisotopic (exact) mass is 443 g/mol. The summed E-state index contributed by atoms with van der Waals surface area (Å²) in [5.41, 5.74) is 4.81. The van der Waals surface area contributed by atoms with Gasteiger partial charge in [0, 0.05) is 37.3 Å². The van der Waals surface area contributed by atoms with Gasteiger partial charge in [0.15, 0.2) is 0 Å². The second-order valence-electron chi connectivity index (χ2n) is 7.44. The van der Waals surface area contributed by atoms with Crippen molar-refractivity contribution in [1.82, 2.24) is 9.29 Å². The first-order valence-electron chi connectivity index (χ1n) is 9.80. The van der Waals surface area contributed by atoms with E-state index in [1.807, 2.05) is 6.92 Å². The summed E-state index contributed by atoms with van der Waals surface area (Å²) in [4.78, 5) is 7.18. The van der Waals surface area contributed by atoms with Gasteiger partial charge in [0.05, 0.1) is 22.1 Å². The van der Waals surface area contributed by atoms with Crippen molar-refractivity contribution >= 4 is 27.0 Å². The van der Waals surface area contributed by atoms with Crippen LogP contribution in [0.1, 0.15) is 10.6 Å². The normalized spacial score (nSPS) is 13.7. The highest BCUT2D eigenvalue weighted by Gasteiger charge is 2.20. The number of fused-ring (bicyclic) bond motifs is 1. The van der Waals surface area contributed by atoms with E-state index in [9.17, 15) is 8.42 Å². The van der Waals surface area contributed by atoms with E-state index in [2.05, 4.69) is 33.5 Å². The Balaban J connectivity index is 1.36. The van der Waals surface area contributed by atoms with Gasteiger partial charge in [-0.1, -0.05) is 6.07 Å². The first-order valence-corrected chi connectivity index (χ1v) is 12.1. The molecule has 6 nitrogen and oxygen atoms in total. The van der Waals surface area contributed by atoms with Crippen molar-refractivity contribution in [3.05, 3.63) is 58.4 Å². The van der Waals surface area contributed by atoms with Gasteiger partial charge in [0.2, 0.25) is 10.0 Å². The number of anilines is 1. The number of hydrogen-bond donors (Lipinski definition) is 0. The van der Waals surface area contributed by atoms with Gasteiger partial charge in [0.25, 0.3) is 0 Å². The van der Waals surface area contributed by atoms with Gasteiger partial charge >= 0.3 is 0 Å². The van der Waals surface area contributed by atoms with E-state index in [0.717, 1.165) is 30.2 Å². The highest BCUT2D eigenvalue weighted by molar-refractivity contribution is 7.89. The second-order valence-corrected chi connectivity index (χ2v) is 10.7. The van der Waals surface area contributed by atoms with Gasteiger partial charge in [-0.2, -0.15) is 0 Å². The van der Waals surface area contributed by atoms with Crippen molar-refractivity contribution in [1.29, 1.82) is 0 Å². The molecule has 0 aliphatic carbocycles. The maximum Gasteiger partial charge on any atom is 0.242 e. The third-order valence-corrected chi connectivity index (χ3v) is 7.82. The van der Waals surface area contributed by atoms with E-state index >= 15 is 0 Å². The predicted octanol–water partition coefficient (Wildman–Crippen LogP) is 3.81. The molecule has 2 aromatic carbocycles. The molecule has 1 aromatic heterocycles. The smallest absolute Gasteiger partial charge is 0.242 e. The molecular formula is C22H25N3O3S2. The van der Waals surface area contributed by atoms with Crippen LogP contribution >= 0.6 is 11.3 Å². The Bertz CT molecular complexity index is 1140. The molecule has 0 unspecified atom stereocenters. The molecule has 8 heteroatoms. The Hall–Kier alpha value is -2.42. The molecule has 0 saturated heterocycles. The number of thiazole rings is 1. The largest absolute Gasteiger partial charge is 0.492 e. The van der Waals surface area contributed by atoms with Crippen molar-refractivity contribution in [2.24, 2.45) is 0 Å². The maximum atomic E-state index is 12.1. The minimum absolute atomic E-state index is 0.263. The molecule has 0 bridgehead atoms. The summed E-state index contributed by atoms with van der Waals surface area (Å²) >= 11 is 1.67. The summed E-state index contributed by atoms with van der Waals surface area (Å²) in [7, 11) is -0.373. The molecule has 3 aromatic rings. The van der Waals surface area contributed by atoms with Crippen LogP contribution in [0, 0.1) is 6.92 Å². The molecule has 0 spiro atoms. The van der Waals surface area contributed by atoms with Crippen LogP contribution in [0.25, 0.3) is 11.3 Å². The maximum absolute atomic E-state index is 12.1. The molecule has 4 rings (SSSR count). The van der Waals surface area contributed by atoms with E-state index in [1.54, 1.807) is 35.6 Å². The van der Waals surface area contributed by atoms with E-state index in [-0.39, 0.29) is 4.90 Å². The third-order valence-electron chi connectivity index (χ3n) is 5.22. The van der Waals surface area contributed by atoms with Crippen LogP contribution in [0.5, 0.6) is 5.75 Å². The number of aromatic nitrogens is 1. The number of sulfonamides is 1. The molecule has 30 heavy (non-hydrogen) atoms. The summed E-state index contributed by atoms with van der Waals surface area (Å²) in [6, 6.07) is 13.1. The van der Waals surface area contributed by atoms with Crippen LogP contribution in [0.15, 0.2) is 52.7 Å². The Morgan fingerprint density at radius 3 is 2.60 bits per heavy atom. The number of aryl methyl sites for hydroxylation is 1. The Morgan fingerprint density at radius 2 is 1.93 bits per heavy atom. The zero-order valence-corrected chi connectivity index (χ0v) is 19.0. The lowest BCUT2D eigenvalue weighted by Crippen LogP contribution is -2.26. The lowest BCUT2D eigenvalue weighted by molar-refractivity contribution is 0.324. The standard InChI is InChI=1S/C22H25N3O3S2/c1-16-23-21(15-29-16)17-4-9-22-18(14-17)10-11-25(22)12-13-28-19-5-7-20(8-6-19)30(26,27)24(2)3/h4-9,14-15H,10-13H2,1-3H3. The van der Waals surface area contributed by atoms with Crippen molar-refractivity contribution in [3.63, 3.8) is 0 Å². The summed E-state index contributed by atoms with van der Waals surface area (Å²) in [5, 5.41) is 3.18. The number of rotatable bonds is 7. The van der Waals surface area contributed by atoms with Gasteiger partial charge in [-0.25, -0.2) is 17.7 Å². The Morgan fingerprint density at radius 1 is 1.17 bits per heavy atom. The van der Waals surface area contributed by atoms with Gasteiger partial charge in [-0.3, -0.25) is 0 Å². The quantitative estimate of drug-likeness (QED) is 0.556. The zero-order chi connectivity index (χ0) is 21.3. The molecule has 0 amide bonds. The molecule has 1 aliphatic rings. The highest BCUT2D eigenvalue weighted by atomic mass is 32.2. The van der Waals surface area contributed by atoms with Gasteiger partial charge in [0.1, 0.15) is 12.4 Å². The topological polar surface area (TPSA) is 62.7 Å². The molecule has 2 heterocycles. The van der Waals surface area contributed by atoms with Crippen molar-refractivity contribution in [2.75, 3.05) is 38.7 Å². The molecule has 158 valence electrons. The van der Waals surface area contributed by atoms with E-state index in [1.165, 1.54) is 35.2 Å². The average Bonchev–Trinajstić information content (AvgIpc) is 3.34. The van der Waals surface area contributed by atoms with E-state index < -0.39 is 10.0 Å². The number of benzene rings is 2. The molecule has 0 atom stereocenters. The van der Waals surface area contributed by atoms with E-state index in [4.69, 9.17) is 4.74 Å². The van der Waals surface area contributed by atoms with Gasteiger partial charge < -0.3 is 9.64 Å². The predicted molar refractivity (Wildman–Crippen MR) is 121 cm³/mol. The van der Waals surface area contributed by atoms with Gasteiger partial charge in [-0.15, -0.1) is 11.3 Å². The lowest BCUT2D eigenvalue weighted by Gasteiger charge is -2.20. The van der Waals surface area contributed by atoms with Crippen LogP contribution in [0.3, 0.4) is 0 Å². The fourth-order valence-corrected chi connectivity index (χ4v) is 5.07. The van der Waals surface area contributed by atoms with Crippen LogP contribution in [-0.2, 0) is 16.4 Å². The summed E-state index contributed by atoms with van der Waals surface area (Å²) < 4.78 is 31.3. The summed E-state index contributed by atoms with van der Waals surface area (Å²) in [5.74, 6) is 0.668. The van der Waals surface area contributed by atoms with Crippen molar-refractivity contribution in [3.8, 4) is 17.0 Å². The Labute approximate surface area is 181 Å². The molecule has 0 radical (unpaired) electrons. The molecular weight excluding hydrogens is 418 g/mol. The van der Waals surface area contributed by atoms with Crippen LogP contribution in [-0.4, -0.2) is 51.5 Å². The average molecular weight is 444 g/mol. The van der Waals surface area contributed by atoms with E-state index in [0.29, 0.717) is 12.4 Å². The van der Waals surface area contributed by atoms with Crippen molar-refractivity contribution in [2.45, 2.75) is 18.2 Å². The lowest BCUT2D eigenvalue weighted by atomic mass is 10.1. The number of ether oxygens (including phenoxy) is 1. The summed E-state index contributed by atoms with van der Waals surface area (Å²) in [6.45, 7) is 4.31. The fourth-order valence-electron chi connectivity index (χ4n) is 3.55. The van der Waals surface area contributed by atoms with Crippen LogP contribution < -0.4 is 9.64 Å². The SMILES string of the molecule is Cc1nc(-c2ccc3c(c2)CCN3CCOc2ccc(S(=O)(=O)N(C)C)cc2)cs1. The first kappa shape index (κ1) is 20.8. The minimum Gasteiger partial charge on any atom is -0.492 e.